The van der Waals surface area contributed by atoms with Gasteiger partial charge in [0.1, 0.15) is 13.2 Å². The molecule has 6 heteroatoms. The van der Waals surface area contributed by atoms with Gasteiger partial charge < -0.3 is 14.6 Å². The van der Waals surface area contributed by atoms with Gasteiger partial charge in [0.25, 0.3) is 0 Å². The van der Waals surface area contributed by atoms with E-state index < -0.39 is 5.97 Å². The molecule has 1 aromatic rings. The van der Waals surface area contributed by atoms with Gasteiger partial charge in [0.15, 0.2) is 17.3 Å². The molecule has 2 heterocycles. The largest absolute Gasteiger partial charge is 0.486 e. The second-order valence-corrected chi connectivity index (χ2v) is 6.17. The summed E-state index contributed by atoms with van der Waals surface area (Å²) in [5.74, 6) is 0.886. The molecule has 116 valence electrons. The number of rotatable bonds is 4. The van der Waals surface area contributed by atoms with Crippen LogP contribution in [0.3, 0.4) is 0 Å². The van der Waals surface area contributed by atoms with E-state index in [2.05, 4.69) is 0 Å². The summed E-state index contributed by atoms with van der Waals surface area (Å²) < 4.78 is 10.9. The van der Waals surface area contributed by atoms with Crippen LogP contribution in [0.2, 0.25) is 0 Å². The number of carbonyl (C=O) groups is 2. The number of benzene rings is 1. The summed E-state index contributed by atoms with van der Waals surface area (Å²) in [6.07, 6.45) is 0. The predicted molar refractivity (Wildman–Crippen MR) is 76.3 cm³/mol. The Morgan fingerprint density at radius 2 is 1.82 bits per heavy atom. The Morgan fingerprint density at radius 3 is 2.50 bits per heavy atom. The number of fused-ring (bicyclic) bond motifs is 2. The van der Waals surface area contributed by atoms with Gasteiger partial charge in [0.05, 0.1) is 12.5 Å². The number of carboxylic acids is 1. The number of carbonyl (C=O) groups excluding carboxylic acids is 1. The second-order valence-electron chi connectivity index (χ2n) is 6.17. The van der Waals surface area contributed by atoms with Gasteiger partial charge in [-0.05, 0) is 30.0 Å². The van der Waals surface area contributed by atoms with Crippen LogP contribution in [0.15, 0.2) is 18.2 Å². The van der Waals surface area contributed by atoms with Crippen LogP contribution in [0, 0.1) is 17.8 Å². The first-order valence-corrected chi connectivity index (χ1v) is 7.51. The summed E-state index contributed by atoms with van der Waals surface area (Å²) in [5, 5.41) is 9.01. The lowest BCUT2D eigenvalue weighted by molar-refractivity contribution is -0.139. The molecule has 1 saturated carbocycles. The van der Waals surface area contributed by atoms with E-state index >= 15 is 0 Å². The van der Waals surface area contributed by atoms with Crippen molar-refractivity contribution in [3.63, 3.8) is 0 Å². The average molecular weight is 303 g/mol. The second kappa shape index (κ2) is 4.98. The molecule has 1 N–H and O–H groups in total. The molecule has 0 aromatic heterocycles. The van der Waals surface area contributed by atoms with Crippen molar-refractivity contribution in [2.24, 2.45) is 17.8 Å². The van der Waals surface area contributed by atoms with Gasteiger partial charge in [-0.2, -0.15) is 0 Å². The first kappa shape index (κ1) is 13.6. The Bertz CT molecular complexity index is 631. The highest BCUT2D eigenvalue weighted by molar-refractivity contribution is 5.98. The fraction of sp³-hybridized carbons (Fsp3) is 0.500. The van der Waals surface area contributed by atoms with Crippen LogP contribution in [0.5, 0.6) is 11.5 Å². The quantitative estimate of drug-likeness (QED) is 0.833. The minimum atomic E-state index is -0.701. The van der Waals surface area contributed by atoms with Crippen LogP contribution < -0.4 is 9.47 Å². The van der Waals surface area contributed by atoms with Gasteiger partial charge in [-0.1, -0.05) is 0 Å². The Balaban J connectivity index is 1.38. The van der Waals surface area contributed by atoms with Crippen molar-refractivity contribution in [3.8, 4) is 11.5 Å². The number of hydrogen-bond donors (Lipinski definition) is 1. The molecule has 4 rings (SSSR count). The topological polar surface area (TPSA) is 76.1 Å². The van der Waals surface area contributed by atoms with Gasteiger partial charge in [0.2, 0.25) is 0 Å². The van der Waals surface area contributed by atoms with Crippen molar-refractivity contribution < 1.29 is 24.2 Å². The summed E-state index contributed by atoms with van der Waals surface area (Å²) in [6.45, 7) is 2.77. The zero-order valence-electron chi connectivity index (χ0n) is 12.0. The van der Waals surface area contributed by atoms with E-state index in [1.54, 1.807) is 18.2 Å². The molecule has 3 aliphatic rings. The number of carboxylic acid groups (broad SMARTS) is 1. The fourth-order valence-electron chi connectivity index (χ4n) is 3.62. The summed E-state index contributed by atoms with van der Waals surface area (Å²) >= 11 is 0. The van der Waals surface area contributed by atoms with Crippen molar-refractivity contribution >= 4 is 11.8 Å². The third-order valence-electron chi connectivity index (χ3n) is 4.79. The molecule has 22 heavy (non-hydrogen) atoms. The number of piperidine rings is 1. The molecule has 2 unspecified atom stereocenters. The molecule has 1 saturated heterocycles. The Morgan fingerprint density at radius 1 is 1.14 bits per heavy atom. The van der Waals surface area contributed by atoms with Crippen LogP contribution >= 0.6 is 0 Å². The number of ketones is 1. The van der Waals surface area contributed by atoms with E-state index in [1.165, 1.54) is 0 Å². The normalized spacial score (nSPS) is 29.0. The van der Waals surface area contributed by atoms with E-state index in [9.17, 15) is 9.59 Å². The molecule has 3 atom stereocenters. The maximum atomic E-state index is 12.4. The number of Topliss-reactive ketones (excluding diaryl/α,β-unsaturated/α-hetero) is 1. The van der Waals surface area contributed by atoms with Gasteiger partial charge in [-0.25, -0.2) is 0 Å². The first-order chi connectivity index (χ1) is 10.6. The highest BCUT2D eigenvalue weighted by Crippen LogP contribution is 2.51. The predicted octanol–water partition coefficient (Wildman–Crippen LogP) is 0.903. The summed E-state index contributed by atoms with van der Waals surface area (Å²) in [7, 11) is 0. The van der Waals surface area contributed by atoms with E-state index in [4.69, 9.17) is 14.6 Å². The first-order valence-electron chi connectivity index (χ1n) is 7.51. The zero-order chi connectivity index (χ0) is 15.3. The van der Waals surface area contributed by atoms with Crippen LogP contribution in [0.4, 0.5) is 0 Å². The minimum absolute atomic E-state index is 0.0325. The molecule has 1 aromatic carbocycles. The third kappa shape index (κ3) is 2.23. The lowest BCUT2D eigenvalue weighted by Crippen LogP contribution is -2.31. The molecule has 6 nitrogen and oxygen atoms in total. The smallest absolute Gasteiger partial charge is 0.307 e. The standard InChI is InChI=1S/C16H17NO5/c18-12(8-17-6-10-11(7-17)15(10)16(19)20)9-1-2-13-14(5-9)22-4-3-21-13/h1-2,5,10-11,15H,3-4,6-8H2,(H,19,20)/t10-,11?,15?/m1/s1. The lowest BCUT2D eigenvalue weighted by atomic mass is 10.1. The molecule has 0 spiro atoms. The van der Waals surface area contributed by atoms with Crippen molar-refractivity contribution in [2.45, 2.75) is 0 Å². The fourth-order valence-corrected chi connectivity index (χ4v) is 3.62. The van der Waals surface area contributed by atoms with Crippen molar-refractivity contribution in [1.29, 1.82) is 0 Å². The Kier molecular flexibility index (Phi) is 3.07. The summed E-state index contributed by atoms with van der Waals surface area (Å²) in [4.78, 5) is 25.4. The van der Waals surface area contributed by atoms with Gasteiger partial charge in [-0.15, -0.1) is 0 Å². The molecule has 0 radical (unpaired) electrons. The maximum absolute atomic E-state index is 12.4. The number of ether oxygens (including phenoxy) is 2. The highest BCUT2D eigenvalue weighted by atomic mass is 16.6. The molecular weight excluding hydrogens is 286 g/mol. The summed E-state index contributed by atoms with van der Waals surface area (Å²) in [6, 6.07) is 5.25. The minimum Gasteiger partial charge on any atom is -0.486 e. The summed E-state index contributed by atoms with van der Waals surface area (Å²) in [5.41, 5.74) is 0.611. The van der Waals surface area contributed by atoms with Crippen molar-refractivity contribution in [2.75, 3.05) is 32.8 Å². The van der Waals surface area contributed by atoms with Gasteiger partial charge in [-0.3, -0.25) is 14.5 Å². The van der Waals surface area contributed by atoms with E-state index in [1.807, 2.05) is 4.90 Å². The molecule has 2 aliphatic heterocycles. The number of nitrogens with zero attached hydrogens (tertiary/aromatic N) is 1. The molecule has 0 amide bonds. The van der Waals surface area contributed by atoms with Crippen LogP contribution in [0.1, 0.15) is 10.4 Å². The number of aliphatic carboxylic acids is 1. The average Bonchev–Trinajstić information content (AvgIpc) is 3.04. The SMILES string of the molecule is O=C(CN1CC2C(C(=O)O)[C@@H]2C1)c1ccc2c(c1)OCCO2. The van der Waals surface area contributed by atoms with E-state index in [0.29, 0.717) is 49.9 Å². The van der Waals surface area contributed by atoms with Crippen LogP contribution in [-0.2, 0) is 4.79 Å². The van der Waals surface area contributed by atoms with Crippen LogP contribution in [-0.4, -0.2) is 54.6 Å². The maximum Gasteiger partial charge on any atom is 0.307 e. The van der Waals surface area contributed by atoms with E-state index in [0.717, 1.165) is 0 Å². The van der Waals surface area contributed by atoms with E-state index in [-0.39, 0.29) is 23.5 Å². The zero-order valence-corrected chi connectivity index (χ0v) is 12.0. The van der Waals surface area contributed by atoms with Crippen molar-refractivity contribution in [1.82, 2.24) is 4.90 Å². The lowest BCUT2D eigenvalue weighted by Gasteiger charge is -2.20. The molecule has 1 aliphatic carbocycles. The number of likely N-dealkylation sites (tertiary alicyclic amines) is 1. The molecule has 0 bridgehead atoms. The highest BCUT2D eigenvalue weighted by Gasteiger charge is 2.59. The van der Waals surface area contributed by atoms with Gasteiger partial charge >= 0.3 is 5.97 Å². The number of hydrogen-bond acceptors (Lipinski definition) is 5. The van der Waals surface area contributed by atoms with Crippen molar-refractivity contribution in [3.05, 3.63) is 23.8 Å². The third-order valence-corrected chi connectivity index (χ3v) is 4.79. The Labute approximate surface area is 127 Å². The molecule has 2 fully saturated rings. The van der Waals surface area contributed by atoms with Gasteiger partial charge in [0, 0.05) is 18.7 Å². The molecular formula is C16H17NO5. The van der Waals surface area contributed by atoms with Crippen LogP contribution in [0.25, 0.3) is 0 Å². The monoisotopic (exact) mass is 303 g/mol. The Hall–Kier alpha value is -2.08.